The molecule has 19 heavy (non-hydrogen) atoms. The Labute approximate surface area is 109 Å². The summed E-state index contributed by atoms with van der Waals surface area (Å²) in [4.78, 5) is 11.6. The molecule has 0 saturated carbocycles. The van der Waals surface area contributed by atoms with E-state index >= 15 is 0 Å². The molecule has 0 atom stereocenters. The summed E-state index contributed by atoms with van der Waals surface area (Å²) in [5, 5.41) is 13.0. The SMILES string of the molecule is O=C(NN=Cc1cccc(O)c1)c1ccc(F)cc1. The van der Waals surface area contributed by atoms with Gasteiger partial charge in [0.2, 0.25) is 0 Å². The number of hydrogen-bond acceptors (Lipinski definition) is 3. The second kappa shape index (κ2) is 5.77. The summed E-state index contributed by atoms with van der Waals surface area (Å²) in [6.45, 7) is 0. The zero-order valence-corrected chi connectivity index (χ0v) is 9.88. The molecule has 0 heterocycles. The molecule has 2 N–H and O–H groups in total. The number of benzene rings is 2. The molecular formula is C14H11FN2O2. The number of phenols is 1. The van der Waals surface area contributed by atoms with Gasteiger partial charge in [0.05, 0.1) is 6.21 Å². The van der Waals surface area contributed by atoms with Crippen LogP contribution in [0.1, 0.15) is 15.9 Å². The van der Waals surface area contributed by atoms with Crippen molar-refractivity contribution in [3.05, 3.63) is 65.5 Å². The highest BCUT2D eigenvalue weighted by Gasteiger charge is 2.03. The van der Waals surface area contributed by atoms with Crippen LogP contribution in [-0.4, -0.2) is 17.2 Å². The molecule has 0 aliphatic carbocycles. The maximum Gasteiger partial charge on any atom is 0.271 e. The molecule has 5 heteroatoms. The van der Waals surface area contributed by atoms with Crippen LogP contribution in [0.25, 0.3) is 0 Å². The number of nitrogens with zero attached hydrogens (tertiary/aromatic N) is 1. The standard InChI is InChI=1S/C14H11FN2O2/c15-12-6-4-11(5-7-12)14(19)17-16-9-10-2-1-3-13(18)8-10/h1-9,18H,(H,17,19). The largest absolute Gasteiger partial charge is 0.508 e. The zero-order valence-electron chi connectivity index (χ0n) is 9.88. The normalized spacial score (nSPS) is 10.6. The summed E-state index contributed by atoms with van der Waals surface area (Å²) in [6.07, 6.45) is 1.40. The molecule has 0 aliphatic rings. The molecule has 0 radical (unpaired) electrons. The third-order valence-corrected chi connectivity index (χ3v) is 2.36. The lowest BCUT2D eigenvalue weighted by atomic mass is 10.2. The first kappa shape index (κ1) is 12.8. The van der Waals surface area contributed by atoms with Crippen molar-refractivity contribution < 1.29 is 14.3 Å². The summed E-state index contributed by atoms with van der Waals surface area (Å²) in [5.41, 5.74) is 3.28. The Bertz CT molecular complexity index is 609. The molecule has 4 nitrogen and oxygen atoms in total. The molecule has 0 bridgehead atoms. The van der Waals surface area contributed by atoms with Crippen LogP contribution >= 0.6 is 0 Å². The number of carbonyl (C=O) groups excluding carboxylic acids is 1. The first-order valence-corrected chi connectivity index (χ1v) is 5.53. The second-order valence-electron chi connectivity index (χ2n) is 3.80. The molecule has 1 amide bonds. The van der Waals surface area contributed by atoms with Crippen molar-refractivity contribution in [2.45, 2.75) is 0 Å². The second-order valence-corrected chi connectivity index (χ2v) is 3.80. The van der Waals surface area contributed by atoms with Gasteiger partial charge in [0.1, 0.15) is 11.6 Å². The quantitative estimate of drug-likeness (QED) is 0.655. The van der Waals surface area contributed by atoms with E-state index in [2.05, 4.69) is 10.5 Å². The molecule has 96 valence electrons. The van der Waals surface area contributed by atoms with Gasteiger partial charge in [-0.15, -0.1) is 0 Å². The first-order valence-electron chi connectivity index (χ1n) is 5.53. The number of halogens is 1. The summed E-state index contributed by atoms with van der Waals surface area (Å²) in [7, 11) is 0. The van der Waals surface area contributed by atoms with Crippen LogP contribution in [0, 0.1) is 5.82 Å². The van der Waals surface area contributed by atoms with E-state index in [1.54, 1.807) is 12.1 Å². The van der Waals surface area contributed by atoms with Crippen LogP contribution in [-0.2, 0) is 0 Å². The number of phenolic OH excluding ortho intramolecular Hbond substituents is 1. The van der Waals surface area contributed by atoms with Gasteiger partial charge in [0.25, 0.3) is 5.91 Å². The van der Waals surface area contributed by atoms with Crippen LogP contribution in [0.4, 0.5) is 4.39 Å². The predicted molar refractivity (Wildman–Crippen MR) is 69.6 cm³/mol. The van der Waals surface area contributed by atoms with Gasteiger partial charge in [-0.2, -0.15) is 5.10 Å². The molecule has 2 aromatic carbocycles. The van der Waals surface area contributed by atoms with E-state index in [4.69, 9.17) is 0 Å². The fourth-order valence-electron chi connectivity index (χ4n) is 1.44. The van der Waals surface area contributed by atoms with Crippen LogP contribution in [0.2, 0.25) is 0 Å². The summed E-state index contributed by atoms with van der Waals surface area (Å²) < 4.78 is 12.7. The van der Waals surface area contributed by atoms with Gasteiger partial charge in [0, 0.05) is 5.56 Å². The van der Waals surface area contributed by atoms with Crippen molar-refractivity contribution in [3.63, 3.8) is 0 Å². The van der Waals surface area contributed by atoms with Crippen LogP contribution in [0.3, 0.4) is 0 Å². The molecule has 0 unspecified atom stereocenters. The Morgan fingerprint density at radius 3 is 2.63 bits per heavy atom. The van der Waals surface area contributed by atoms with Gasteiger partial charge in [-0.3, -0.25) is 4.79 Å². The molecule has 0 saturated heterocycles. The fraction of sp³-hybridized carbons (Fsp3) is 0. The molecule has 2 rings (SSSR count). The number of rotatable bonds is 3. The smallest absolute Gasteiger partial charge is 0.271 e. The lowest BCUT2D eigenvalue weighted by Gasteiger charge is -1.99. The Morgan fingerprint density at radius 2 is 1.95 bits per heavy atom. The maximum absolute atomic E-state index is 12.7. The van der Waals surface area contributed by atoms with Gasteiger partial charge >= 0.3 is 0 Å². The van der Waals surface area contributed by atoms with Crippen LogP contribution in [0.5, 0.6) is 5.75 Å². The minimum atomic E-state index is -0.434. The highest BCUT2D eigenvalue weighted by atomic mass is 19.1. The zero-order chi connectivity index (χ0) is 13.7. The number of aromatic hydroxyl groups is 1. The van der Waals surface area contributed by atoms with Crippen molar-refractivity contribution in [1.82, 2.24) is 5.43 Å². The van der Waals surface area contributed by atoms with E-state index in [0.29, 0.717) is 11.1 Å². The van der Waals surface area contributed by atoms with Gasteiger partial charge < -0.3 is 5.11 Å². The number of nitrogens with one attached hydrogen (secondary N) is 1. The van der Waals surface area contributed by atoms with Crippen molar-refractivity contribution >= 4 is 12.1 Å². The van der Waals surface area contributed by atoms with Gasteiger partial charge in [-0.25, -0.2) is 9.82 Å². The molecule has 2 aromatic rings. The Morgan fingerprint density at radius 1 is 1.21 bits per heavy atom. The van der Waals surface area contributed by atoms with Crippen LogP contribution < -0.4 is 5.43 Å². The van der Waals surface area contributed by atoms with Gasteiger partial charge in [-0.05, 0) is 42.0 Å². The minimum absolute atomic E-state index is 0.119. The third-order valence-electron chi connectivity index (χ3n) is 2.36. The number of hydrogen-bond donors (Lipinski definition) is 2. The highest BCUT2D eigenvalue weighted by Crippen LogP contribution is 2.08. The number of amides is 1. The van der Waals surface area contributed by atoms with Crippen LogP contribution in [0.15, 0.2) is 53.6 Å². The third kappa shape index (κ3) is 3.64. The Balaban J connectivity index is 1.98. The van der Waals surface area contributed by atoms with E-state index in [1.807, 2.05) is 0 Å². The van der Waals surface area contributed by atoms with Gasteiger partial charge in [0.15, 0.2) is 0 Å². The van der Waals surface area contributed by atoms with E-state index < -0.39 is 11.7 Å². The topological polar surface area (TPSA) is 61.7 Å². The monoisotopic (exact) mass is 258 g/mol. The van der Waals surface area contributed by atoms with E-state index in [1.165, 1.54) is 42.6 Å². The maximum atomic E-state index is 12.7. The van der Waals surface area contributed by atoms with E-state index in [0.717, 1.165) is 0 Å². The minimum Gasteiger partial charge on any atom is -0.508 e. The molecule has 0 spiro atoms. The predicted octanol–water partition coefficient (Wildman–Crippen LogP) is 2.30. The lowest BCUT2D eigenvalue weighted by molar-refractivity contribution is 0.0955. The van der Waals surface area contributed by atoms with Crippen molar-refractivity contribution in [1.29, 1.82) is 0 Å². The van der Waals surface area contributed by atoms with Crippen molar-refractivity contribution in [3.8, 4) is 5.75 Å². The van der Waals surface area contributed by atoms with Crippen molar-refractivity contribution in [2.24, 2.45) is 5.10 Å². The van der Waals surface area contributed by atoms with E-state index in [-0.39, 0.29) is 5.75 Å². The summed E-state index contributed by atoms with van der Waals surface area (Å²) in [6, 6.07) is 11.6. The highest BCUT2D eigenvalue weighted by molar-refractivity contribution is 5.94. The Kier molecular flexibility index (Phi) is 3.87. The van der Waals surface area contributed by atoms with E-state index in [9.17, 15) is 14.3 Å². The van der Waals surface area contributed by atoms with Crippen molar-refractivity contribution in [2.75, 3.05) is 0 Å². The summed E-state index contributed by atoms with van der Waals surface area (Å²) >= 11 is 0. The summed E-state index contributed by atoms with van der Waals surface area (Å²) in [5.74, 6) is -0.718. The molecule has 0 aliphatic heterocycles. The fourth-order valence-corrected chi connectivity index (χ4v) is 1.44. The van der Waals surface area contributed by atoms with Gasteiger partial charge in [-0.1, -0.05) is 12.1 Å². The first-order chi connectivity index (χ1) is 9.15. The number of hydrazone groups is 1. The molecular weight excluding hydrogens is 247 g/mol. The average Bonchev–Trinajstić information content (AvgIpc) is 2.39. The molecule has 0 fully saturated rings. The Hall–Kier alpha value is -2.69. The lowest BCUT2D eigenvalue weighted by Crippen LogP contribution is -2.17. The average molecular weight is 258 g/mol. The molecule has 0 aromatic heterocycles. The number of carbonyl (C=O) groups is 1.